The smallest absolute Gasteiger partial charge is 0.163 e. The van der Waals surface area contributed by atoms with Crippen LogP contribution in [0.4, 0.5) is 0 Å². The number of aryl methyl sites for hydroxylation is 2. The summed E-state index contributed by atoms with van der Waals surface area (Å²) in [6.07, 6.45) is 0. The van der Waals surface area contributed by atoms with E-state index >= 15 is 0 Å². The number of rotatable bonds is 4. The summed E-state index contributed by atoms with van der Waals surface area (Å²) >= 11 is 13.4. The molecule has 0 aliphatic heterocycles. The van der Waals surface area contributed by atoms with Crippen molar-refractivity contribution in [3.8, 4) is 11.5 Å². The number of hydrogen-bond donors (Lipinski definition) is 0. The van der Waals surface area contributed by atoms with E-state index in [-0.39, 0.29) is 10.8 Å². The summed E-state index contributed by atoms with van der Waals surface area (Å²) in [5.74, 6) is 1.36. The average Bonchev–Trinajstić information content (AvgIpc) is 2.52. The molecule has 0 fully saturated rings. The molecule has 0 spiro atoms. The van der Waals surface area contributed by atoms with E-state index in [1.807, 2.05) is 0 Å². The maximum atomic E-state index is 5.90. The first kappa shape index (κ1) is 22.3. The third-order valence-corrected chi connectivity index (χ3v) is 5.74. The zero-order valence-electron chi connectivity index (χ0n) is 17.3. The molecular weight excluding hydrogens is 399 g/mol. The van der Waals surface area contributed by atoms with E-state index in [1.54, 1.807) is 11.8 Å². The maximum Gasteiger partial charge on any atom is 0.163 e. The van der Waals surface area contributed by atoms with Crippen molar-refractivity contribution in [1.29, 1.82) is 0 Å². The number of benzene rings is 2. The second kappa shape index (κ2) is 8.14. The Kier molecular flexibility index (Phi) is 6.72. The van der Waals surface area contributed by atoms with E-state index in [1.165, 1.54) is 0 Å². The van der Waals surface area contributed by atoms with E-state index < -0.39 is 0 Å². The highest BCUT2D eigenvalue weighted by Crippen LogP contribution is 2.48. The van der Waals surface area contributed by atoms with Gasteiger partial charge in [0.1, 0.15) is 23.7 Å². The lowest BCUT2D eigenvalue weighted by atomic mass is 9.85. The number of halogens is 2. The van der Waals surface area contributed by atoms with Crippen LogP contribution in [0.25, 0.3) is 0 Å². The lowest BCUT2D eigenvalue weighted by Crippen LogP contribution is -2.13. The minimum Gasteiger partial charge on any atom is -0.384 e. The molecule has 2 rings (SSSR count). The van der Waals surface area contributed by atoms with Gasteiger partial charge in [-0.3, -0.25) is 0 Å². The van der Waals surface area contributed by atoms with Gasteiger partial charge in [0.2, 0.25) is 0 Å². The molecule has 148 valence electrons. The zero-order valence-corrected chi connectivity index (χ0v) is 19.6. The monoisotopic (exact) mass is 426 g/mol. The highest BCUT2D eigenvalue weighted by Gasteiger charge is 2.26. The Morgan fingerprint density at radius 2 is 1.00 bits per heavy atom. The lowest BCUT2D eigenvalue weighted by molar-refractivity contribution is 0.524. The second-order valence-electron chi connectivity index (χ2n) is 9.04. The third kappa shape index (κ3) is 5.07. The van der Waals surface area contributed by atoms with Gasteiger partial charge >= 0.3 is 0 Å². The van der Waals surface area contributed by atoms with Crippen LogP contribution in [0.15, 0.2) is 34.1 Å². The summed E-state index contributed by atoms with van der Waals surface area (Å²) in [4.78, 5) is 1.88. The minimum atomic E-state index is -0.0967. The maximum absolute atomic E-state index is 5.90. The first-order valence-electron chi connectivity index (χ1n) is 8.93. The van der Waals surface area contributed by atoms with Crippen LogP contribution in [-0.2, 0) is 10.8 Å². The number of hydrogen-bond acceptors (Lipinski definition) is 3. The first-order chi connectivity index (χ1) is 12.4. The second-order valence-corrected chi connectivity index (χ2v) is 10.4. The summed E-state index contributed by atoms with van der Waals surface area (Å²) in [5, 5.41) is 0. The van der Waals surface area contributed by atoms with Gasteiger partial charge in [0, 0.05) is 11.1 Å². The molecule has 0 radical (unpaired) electrons. The summed E-state index contributed by atoms with van der Waals surface area (Å²) in [7, 11) is 0. The fraction of sp³-hybridized carbons (Fsp3) is 0.455. The minimum absolute atomic E-state index is 0.0967. The molecule has 0 saturated heterocycles. The van der Waals surface area contributed by atoms with E-state index in [4.69, 9.17) is 32.3 Å². The highest BCUT2D eigenvalue weighted by molar-refractivity contribution is 7.99. The van der Waals surface area contributed by atoms with Gasteiger partial charge in [-0.1, -0.05) is 65.4 Å². The van der Waals surface area contributed by atoms with Crippen molar-refractivity contribution >= 4 is 35.5 Å². The topological polar surface area (TPSA) is 18.5 Å². The van der Waals surface area contributed by atoms with Gasteiger partial charge in [0.25, 0.3) is 0 Å². The van der Waals surface area contributed by atoms with Crippen LogP contribution < -0.4 is 8.58 Å². The average molecular weight is 427 g/mol. The fourth-order valence-electron chi connectivity index (χ4n) is 3.02. The van der Waals surface area contributed by atoms with Crippen molar-refractivity contribution in [1.82, 2.24) is 0 Å². The summed E-state index contributed by atoms with van der Waals surface area (Å²) in [6, 6.07) is 8.40. The fourth-order valence-corrected chi connectivity index (χ4v) is 4.66. The zero-order chi connectivity index (χ0) is 20.6. The summed E-state index contributed by atoms with van der Waals surface area (Å²) < 4.78 is 10.6. The molecule has 0 aliphatic rings. The van der Waals surface area contributed by atoms with Crippen molar-refractivity contribution in [2.24, 2.45) is 0 Å². The predicted octanol–water partition coefficient (Wildman–Crippen LogP) is 8.11. The molecule has 0 N–H and O–H groups in total. The Hall–Kier alpha value is -1.03. The molecule has 2 aromatic carbocycles. The van der Waals surface area contributed by atoms with E-state index in [9.17, 15) is 0 Å². The molecule has 0 heterocycles. The van der Waals surface area contributed by atoms with Gasteiger partial charge in [-0.2, -0.15) is 0 Å². The first-order valence-corrected chi connectivity index (χ1v) is 10.4. The normalized spacial score (nSPS) is 12.2. The molecule has 2 nitrogen and oxygen atoms in total. The molecule has 0 amide bonds. The van der Waals surface area contributed by atoms with Crippen LogP contribution in [0.1, 0.15) is 63.8 Å². The molecule has 27 heavy (non-hydrogen) atoms. The van der Waals surface area contributed by atoms with Gasteiger partial charge in [-0.15, -0.1) is 0 Å². The van der Waals surface area contributed by atoms with Crippen LogP contribution >= 0.6 is 35.5 Å². The Morgan fingerprint density at radius 3 is 1.26 bits per heavy atom. The highest BCUT2D eigenvalue weighted by atomic mass is 35.5. The Balaban J connectivity index is 2.68. The van der Waals surface area contributed by atoms with Gasteiger partial charge < -0.3 is 8.58 Å². The predicted molar refractivity (Wildman–Crippen MR) is 117 cm³/mol. The van der Waals surface area contributed by atoms with Crippen molar-refractivity contribution in [2.45, 2.75) is 76.0 Å². The summed E-state index contributed by atoms with van der Waals surface area (Å²) in [6.45, 7) is 17.0. The van der Waals surface area contributed by atoms with Gasteiger partial charge in [-0.25, -0.2) is 0 Å². The Morgan fingerprint density at radius 1 is 0.667 bits per heavy atom. The Bertz CT molecular complexity index is 764. The molecule has 0 unspecified atom stereocenters. The molecule has 0 saturated carbocycles. The van der Waals surface area contributed by atoms with Crippen LogP contribution in [0.2, 0.25) is 0 Å². The molecular formula is C22H28Cl2O2S. The summed E-state index contributed by atoms with van der Waals surface area (Å²) in [5.41, 5.74) is 4.24. The van der Waals surface area contributed by atoms with E-state index in [0.717, 1.165) is 32.0 Å². The standard InChI is InChI=1S/C22H28Cl2O2S/c1-13-9-15(21(3,4)5)19(25-23)17(11-13)27-18-12-14(2)10-16(20(18)26-24)22(6,7)8/h9-12H,1-8H3. The van der Waals surface area contributed by atoms with Crippen LogP contribution in [0, 0.1) is 13.8 Å². The Labute approximate surface area is 177 Å². The SMILES string of the molecule is Cc1cc(Sc2cc(C)cc(C(C)(C)C)c2OCl)c(OCl)c(C(C)(C)C)c1. The van der Waals surface area contributed by atoms with Crippen molar-refractivity contribution < 1.29 is 8.58 Å². The third-order valence-electron chi connectivity index (χ3n) is 4.39. The molecule has 5 heteroatoms. The van der Waals surface area contributed by atoms with Gasteiger partial charge in [0.15, 0.2) is 11.5 Å². The van der Waals surface area contributed by atoms with Crippen molar-refractivity contribution in [3.05, 3.63) is 46.5 Å². The van der Waals surface area contributed by atoms with Crippen LogP contribution in [-0.4, -0.2) is 0 Å². The lowest BCUT2D eigenvalue weighted by Gasteiger charge is -2.25. The largest absolute Gasteiger partial charge is 0.384 e. The molecule has 0 aliphatic carbocycles. The molecule has 0 bridgehead atoms. The van der Waals surface area contributed by atoms with Gasteiger partial charge in [0.05, 0.1) is 9.79 Å². The molecule has 0 atom stereocenters. The van der Waals surface area contributed by atoms with Crippen LogP contribution in [0.3, 0.4) is 0 Å². The van der Waals surface area contributed by atoms with Crippen molar-refractivity contribution in [3.63, 3.8) is 0 Å². The molecule has 2 aromatic rings. The van der Waals surface area contributed by atoms with Crippen molar-refractivity contribution in [2.75, 3.05) is 0 Å². The van der Waals surface area contributed by atoms with Gasteiger partial charge in [-0.05, 0) is 47.9 Å². The van der Waals surface area contributed by atoms with Crippen LogP contribution in [0.5, 0.6) is 11.5 Å². The van der Waals surface area contributed by atoms with E-state index in [2.05, 4.69) is 79.7 Å². The van der Waals surface area contributed by atoms with E-state index in [0.29, 0.717) is 11.5 Å². The molecule has 0 aromatic heterocycles. The quantitative estimate of drug-likeness (QED) is 0.491.